The lowest BCUT2D eigenvalue weighted by Crippen LogP contribution is -2.35. The van der Waals surface area contributed by atoms with Gasteiger partial charge in [0, 0.05) is 18.8 Å². The molecule has 0 unspecified atom stereocenters. The molecule has 3 rings (SSSR count). The Labute approximate surface area is 167 Å². The lowest BCUT2D eigenvalue weighted by atomic mass is 10.1. The van der Waals surface area contributed by atoms with Crippen LogP contribution in [0.25, 0.3) is 0 Å². The third kappa shape index (κ3) is 5.49. The lowest BCUT2D eigenvalue weighted by molar-refractivity contribution is -0.122. The Morgan fingerprint density at radius 1 is 1.11 bits per heavy atom. The maximum Gasteiger partial charge on any atom is 0.265 e. The maximum absolute atomic E-state index is 12.5. The Morgan fingerprint density at radius 3 is 2.43 bits per heavy atom. The van der Waals surface area contributed by atoms with Crippen molar-refractivity contribution in [3.63, 3.8) is 0 Å². The Bertz CT molecular complexity index is 796. The summed E-state index contributed by atoms with van der Waals surface area (Å²) in [5, 5.41) is 2.90. The molecule has 150 valence electrons. The zero-order valence-corrected chi connectivity index (χ0v) is 17.2. The van der Waals surface area contributed by atoms with Crippen molar-refractivity contribution < 1.29 is 14.3 Å². The summed E-state index contributed by atoms with van der Waals surface area (Å²) < 4.78 is 11.9. The number of amides is 1. The molecule has 1 heterocycles. The molecule has 1 aliphatic heterocycles. The molecule has 1 atom stereocenters. The SMILES string of the molecule is Cc1ccc(O[C@H](C)C(=O)Nc2ccc(OC3CCN(C)CC3)cc2)c(C)c1. The molecule has 1 N–H and O–H groups in total. The Hall–Kier alpha value is -2.53. The highest BCUT2D eigenvalue weighted by Gasteiger charge is 2.18. The average Bonchev–Trinajstić information content (AvgIpc) is 2.67. The van der Waals surface area contributed by atoms with Gasteiger partial charge in [0.1, 0.15) is 17.6 Å². The van der Waals surface area contributed by atoms with E-state index in [-0.39, 0.29) is 12.0 Å². The highest BCUT2D eigenvalue weighted by molar-refractivity contribution is 5.94. The highest BCUT2D eigenvalue weighted by atomic mass is 16.5. The van der Waals surface area contributed by atoms with E-state index in [0.29, 0.717) is 0 Å². The van der Waals surface area contributed by atoms with Crippen molar-refractivity contribution in [1.29, 1.82) is 0 Å². The molecular weight excluding hydrogens is 352 g/mol. The van der Waals surface area contributed by atoms with Gasteiger partial charge < -0.3 is 19.7 Å². The van der Waals surface area contributed by atoms with Crippen molar-refractivity contribution in [1.82, 2.24) is 4.90 Å². The van der Waals surface area contributed by atoms with Crippen molar-refractivity contribution in [2.24, 2.45) is 0 Å². The number of piperidine rings is 1. The zero-order valence-electron chi connectivity index (χ0n) is 17.2. The molecule has 2 aromatic rings. The molecular formula is C23H30N2O3. The Balaban J connectivity index is 1.52. The van der Waals surface area contributed by atoms with E-state index in [1.165, 1.54) is 5.56 Å². The van der Waals surface area contributed by atoms with Crippen LogP contribution >= 0.6 is 0 Å². The average molecular weight is 383 g/mol. The second-order valence-electron chi connectivity index (χ2n) is 7.66. The summed E-state index contributed by atoms with van der Waals surface area (Å²) in [6.07, 6.45) is 1.77. The normalized spacial score (nSPS) is 16.4. The summed E-state index contributed by atoms with van der Waals surface area (Å²) in [6, 6.07) is 13.5. The fraction of sp³-hybridized carbons (Fsp3) is 0.435. The van der Waals surface area contributed by atoms with Crippen LogP contribution in [0.2, 0.25) is 0 Å². The van der Waals surface area contributed by atoms with Crippen molar-refractivity contribution >= 4 is 11.6 Å². The summed E-state index contributed by atoms with van der Waals surface area (Å²) in [7, 11) is 2.14. The van der Waals surface area contributed by atoms with E-state index >= 15 is 0 Å². The monoisotopic (exact) mass is 382 g/mol. The lowest BCUT2D eigenvalue weighted by Gasteiger charge is -2.29. The van der Waals surface area contributed by atoms with Crippen LogP contribution in [0, 0.1) is 13.8 Å². The van der Waals surface area contributed by atoms with Crippen LogP contribution in [-0.2, 0) is 4.79 Å². The minimum atomic E-state index is -0.587. The fourth-order valence-corrected chi connectivity index (χ4v) is 3.33. The summed E-state index contributed by atoms with van der Waals surface area (Å²) in [5.74, 6) is 1.39. The molecule has 5 nitrogen and oxygen atoms in total. The van der Waals surface area contributed by atoms with Crippen LogP contribution in [0.3, 0.4) is 0 Å². The molecule has 1 aliphatic rings. The fourth-order valence-electron chi connectivity index (χ4n) is 3.33. The number of hydrogen-bond acceptors (Lipinski definition) is 4. The second-order valence-corrected chi connectivity index (χ2v) is 7.66. The highest BCUT2D eigenvalue weighted by Crippen LogP contribution is 2.22. The third-order valence-electron chi connectivity index (χ3n) is 5.09. The molecule has 0 radical (unpaired) electrons. The summed E-state index contributed by atoms with van der Waals surface area (Å²) in [4.78, 5) is 14.8. The summed E-state index contributed by atoms with van der Waals surface area (Å²) >= 11 is 0. The first-order chi connectivity index (χ1) is 13.4. The number of carbonyl (C=O) groups excluding carboxylic acids is 1. The number of aryl methyl sites for hydroxylation is 2. The van der Waals surface area contributed by atoms with Crippen LogP contribution in [0.4, 0.5) is 5.69 Å². The van der Waals surface area contributed by atoms with Crippen molar-refractivity contribution in [3.05, 3.63) is 53.6 Å². The van der Waals surface area contributed by atoms with Crippen LogP contribution in [-0.4, -0.2) is 43.2 Å². The first-order valence-electron chi connectivity index (χ1n) is 9.91. The number of ether oxygens (including phenoxy) is 2. The molecule has 28 heavy (non-hydrogen) atoms. The van der Waals surface area contributed by atoms with E-state index in [2.05, 4.69) is 17.3 Å². The van der Waals surface area contributed by atoms with Gasteiger partial charge in [0.2, 0.25) is 0 Å². The van der Waals surface area contributed by atoms with Crippen molar-refractivity contribution in [2.75, 3.05) is 25.5 Å². The minimum Gasteiger partial charge on any atom is -0.490 e. The molecule has 0 spiro atoms. The quantitative estimate of drug-likeness (QED) is 0.814. The number of anilines is 1. The molecule has 1 fully saturated rings. The minimum absolute atomic E-state index is 0.177. The van der Waals surface area contributed by atoms with Gasteiger partial charge in [-0.15, -0.1) is 0 Å². The predicted molar refractivity (Wildman–Crippen MR) is 112 cm³/mol. The van der Waals surface area contributed by atoms with Crippen LogP contribution in [0.15, 0.2) is 42.5 Å². The van der Waals surface area contributed by atoms with Gasteiger partial charge in [-0.25, -0.2) is 0 Å². The number of hydrogen-bond donors (Lipinski definition) is 1. The third-order valence-corrected chi connectivity index (χ3v) is 5.09. The molecule has 0 aliphatic carbocycles. The molecule has 2 aromatic carbocycles. The Morgan fingerprint density at radius 2 is 1.79 bits per heavy atom. The van der Waals surface area contributed by atoms with Gasteiger partial charge >= 0.3 is 0 Å². The molecule has 1 saturated heterocycles. The van der Waals surface area contributed by atoms with E-state index < -0.39 is 6.10 Å². The first kappa shape index (κ1) is 20.2. The number of nitrogens with zero attached hydrogens (tertiary/aromatic N) is 1. The van der Waals surface area contributed by atoms with E-state index in [1.54, 1.807) is 6.92 Å². The number of nitrogens with one attached hydrogen (secondary N) is 1. The van der Waals surface area contributed by atoms with E-state index in [1.807, 2.05) is 56.3 Å². The van der Waals surface area contributed by atoms with Crippen molar-refractivity contribution in [3.8, 4) is 11.5 Å². The maximum atomic E-state index is 12.5. The number of carbonyl (C=O) groups is 1. The molecule has 0 bridgehead atoms. The van der Waals surface area contributed by atoms with Crippen LogP contribution in [0.1, 0.15) is 30.9 Å². The number of rotatable bonds is 6. The van der Waals surface area contributed by atoms with Gasteiger partial charge in [-0.2, -0.15) is 0 Å². The molecule has 0 saturated carbocycles. The van der Waals surface area contributed by atoms with E-state index in [4.69, 9.17) is 9.47 Å². The van der Waals surface area contributed by atoms with Gasteiger partial charge in [0.05, 0.1) is 0 Å². The van der Waals surface area contributed by atoms with Gasteiger partial charge in [-0.05, 0) is 76.6 Å². The topological polar surface area (TPSA) is 50.8 Å². The number of benzene rings is 2. The van der Waals surface area contributed by atoms with Crippen molar-refractivity contribution in [2.45, 2.75) is 45.8 Å². The largest absolute Gasteiger partial charge is 0.490 e. The molecule has 1 amide bonds. The van der Waals surface area contributed by atoms with E-state index in [9.17, 15) is 4.79 Å². The van der Waals surface area contributed by atoms with Gasteiger partial charge in [-0.3, -0.25) is 4.79 Å². The Kier molecular flexibility index (Phi) is 6.57. The predicted octanol–water partition coefficient (Wildman–Crippen LogP) is 4.18. The number of likely N-dealkylation sites (tertiary alicyclic amines) is 1. The van der Waals surface area contributed by atoms with Crippen LogP contribution in [0.5, 0.6) is 11.5 Å². The summed E-state index contributed by atoms with van der Waals surface area (Å²) in [5.41, 5.74) is 2.93. The van der Waals surface area contributed by atoms with Gasteiger partial charge in [0.15, 0.2) is 6.10 Å². The smallest absolute Gasteiger partial charge is 0.265 e. The van der Waals surface area contributed by atoms with E-state index in [0.717, 1.165) is 48.7 Å². The molecule has 5 heteroatoms. The molecule has 0 aromatic heterocycles. The van der Waals surface area contributed by atoms with Gasteiger partial charge in [0.25, 0.3) is 5.91 Å². The first-order valence-corrected chi connectivity index (χ1v) is 9.91. The van der Waals surface area contributed by atoms with Gasteiger partial charge in [-0.1, -0.05) is 17.7 Å². The second kappa shape index (κ2) is 9.11. The zero-order chi connectivity index (χ0) is 20.1. The standard InChI is InChI=1S/C23H30N2O3/c1-16-5-10-22(17(2)15-16)27-18(3)23(26)24-19-6-8-20(9-7-19)28-21-11-13-25(4)14-12-21/h5-10,15,18,21H,11-14H2,1-4H3,(H,24,26)/t18-/m1/s1. The van der Waals surface area contributed by atoms with Crippen LogP contribution < -0.4 is 14.8 Å². The summed E-state index contributed by atoms with van der Waals surface area (Å²) in [6.45, 7) is 7.91.